The van der Waals surface area contributed by atoms with Gasteiger partial charge >= 0.3 is 0 Å². The van der Waals surface area contributed by atoms with Crippen LogP contribution in [0.3, 0.4) is 0 Å². The largest absolute Gasteiger partial charge is 0.507 e. The number of likely N-dealkylation sites (N-methyl/N-ethyl adjacent to an activating group) is 1. The highest BCUT2D eigenvalue weighted by molar-refractivity contribution is 7.99. The van der Waals surface area contributed by atoms with Gasteiger partial charge in [-0.15, -0.1) is 0 Å². The van der Waals surface area contributed by atoms with Gasteiger partial charge in [0.25, 0.3) is 0 Å². The summed E-state index contributed by atoms with van der Waals surface area (Å²) in [6.45, 7) is 1.12. The number of phenolic OH excluding ortho intramolecular Hbond substituents is 1. The van der Waals surface area contributed by atoms with E-state index in [0.717, 1.165) is 36.6 Å². The number of nitrogens with zero attached hydrogens (tertiary/aromatic N) is 2. The van der Waals surface area contributed by atoms with E-state index in [1.54, 1.807) is 14.1 Å². The number of amides is 1. The van der Waals surface area contributed by atoms with Gasteiger partial charge in [0.15, 0.2) is 34.7 Å². The van der Waals surface area contributed by atoms with Crippen LogP contribution in [0.5, 0.6) is 5.75 Å². The molecule has 5 N–H and O–H groups in total. The van der Waals surface area contributed by atoms with Gasteiger partial charge in [0.05, 0.1) is 17.5 Å². The van der Waals surface area contributed by atoms with Crippen LogP contribution in [-0.4, -0.2) is 102 Å². The Hall–Kier alpha value is -2.80. The van der Waals surface area contributed by atoms with Crippen molar-refractivity contribution in [2.45, 2.75) is 43.9 Å². The van der Waals surface area contributed by atoms with Crippen molar-refractivity contribution >= 4 is 46.5 Å². The van der Waals surface area contributed by atoms with E-state index < -0.39 is 64.4 Å². The Kier molecular flexibility index (Phi) is 8.29. The Morgan fingerprint density at radius 1 is 1.12 bits per heavy atom. The van der Waals surface area contributed by atoms with Gasteiger partial charge in [0.1, 0.15) is 5.75 Å². The second kappa shape index (κ2) is 11.4. The van der Waals surface area contributed by atoms with Crippen LogP contribution in [0.25, 0.3) is 0 Å². The average Bonchev–Trinajstić information content (AvgIpc) is 2.92. The summed E-state index contributed by atoms with van der Waals surface area (Å²) in [5.74, 6) is -7.50. The molecule has 1 aliphatic heterocycles. The smallest absolute Gasteiger partial charge is 0.235 e. The van der Waals surface area contributed by atoms with E-state index in [1.165, 1.54) is 4.90 Å². The summed E-state index contributed by atoms with van der Waals surface area (Å²) in [6.07, 6.45) is 2.51. The number of hydrogen-bond donors (Lipinski definition) is 4. The van der Waals surface area contributed by atoms with Crippen LogP contribution >= 0.6 is 11.8 Å². The van der Waals surface area contributed by atoms with Crippen LogP contribution in [-0.2, 0) is 32.1 Å². The number of benzene rings is 1. The number of carbonyl (C=O) groups is 5. The van der Waals surface area contributed by atoms with Crippen molar-refractivity contribution in [2.24, 2.45) is 35.3 Å². The van der Waals surface area contributed by atoms with Crippen molar-refractivity contribution in [3.05, 3.63) is 22.8 Å². The number of Topliss-reactive ketones (excluding diaryl/α,β-unsaturated/α-hetero) is 4. The van der Waals surface area contributed by atoms with Gasteiger partial charge in [0, 0.05) is 37.8 Å². The SMILES string of the molecule is CN(C)c1cc(CNCC2CCSCC2)c(O)c2c1C[C@H]1C[C@H]3[C@H](N(C)C)C(=O)C(C(N)=O)C(=O)[C@@]3(O)C(=O)C1C2=O. The van der Waals surface area contributed by atoms with Gasteiger partial charge in [-0.2, -0.15) is 11.8 Å². The first-order valence-corrected chi connectivity index (χ1v) is 15.6. The van der Waals surface area contributed by atoms with Crippen molar-refractivity contribution in [1.29, 1.82) is 0 Å². The van der Waals surface area contributed by atoms with E-state index in [0.29, 0.717) is 23.6 Å². The zero-order valence-electron chi connectivity index (χ0n) is 24.5. The third kappa shape index (κ3) is 4.76. The number of fused-ring (bicyclic) bond motifs is 3. The Balaban J connectivity index is 1.53. The van der Waals surface area contributed by atoms with E-state index in [1.807, 2.05) is 36.8 Å². The Bertz CT molecular complexity index is 1340. The van der Waals surface area contributed by atoms with Crippen LogP contribution in [0.2, 0.25) is 0 Å². The lowest BCUT2D eigenvalue weighted by Gasteiger charge is -2.52. The van der Waals surface area contributed by atoms with Crippen LogP contribution in [0.4, 0.5) is 5.69 Å². The summed E-state index contributed by atoms with van der Waals surface area (Å²) in [6, 6.07) is 0.741. The number of carbonyl (C=O) groups excluding carboxylic acids is 5. The number of nitrogens with one attached hydrogen (secondary N) is 1. The summed E-state index contributed by atoms with van der Waals surface area (Å²) in [5.41, 5.74) is 4.55. The maximum Gasteiger partial charge on any atom is 0.235 e. The molecule has 12 heteroatoms. The molecule has 42 heavy (non-hydrogen) atoms. The average molecular weight is 601 g/mol. The number of hydrogen-bond acceptors (Lipinski definition) is 11. The quantitative estimate of drug-likeness (QED) is 0.315. The molecule has 0 spiro atoms. The van der Waals surface area contributed by atoms with Gasteiger partial charge in [-0.1, -0.05) is 0 Å². The van der Waals surface area contributed by atoms with Gasteiger partial charge in [-0.05, 0) is 81.3 Å². The monoisotopic (exact) mass is 600 g/mol. The normalized spacial score (nSPS) is 31.5. The maximum atomic E-state index is 14.1. The minimum atomic E-state index is -2.73. The molecule has 6 atom stereocenters. The Morgan fingerprint density at radius 3 is 2.38 bits per heavy atom. The Labute approximate surface area is 249 Å². The minimum Gasteiger partial charge on any atom is -0.507 e. The molecule has 3 aliphatic carbocycles. The first kappa shape index (κ1) is 30.7. The zero-order valence-corrected chi connectivity index (χ0v) is 25.3. The van der Waals surface area contributed by atoms with Crippen LogP contribution in [0.1, 0.15) is 40.7 Å². The molecule has 1 heterocycles. The highest BCUT2D eigenvalue weighted by atomic mass is 32.2. The van der Waals surface area contributed by atoms with Crippen molar-refractivity contribution in [3.8, 4) is 5.75 Å². The van der Waals surface area contributed by atoms with Crippen molar-refractivity contribution in [1.82, 2.24) is 10.2 Å². The van der Waals surface area contributed by atoms with E-state index in [-0.39, 0.29) is 24.2 Å². The fraction of sp³-hybridized carbons (Fsp3) is 0.633. The number of phenols is 1. The molecule has 11 nitrogen and oxygen atoms in total. The fourth-order valence-electron chi connectivity index (χ4n) is 7.60. The lowest BCUT2D eigenvalue weighted by atomic mass is 9.52. The molecular weight excluding hydrogens is 560 g/mol. The molecule has 2 unspecified atom stereocenters. The van der Waals surface area contributed by atoms with Crippen LogP contribution in [0.15, 0.2) is 6.07 Å². The van der Waals surface area contributed by atoms with Gasteiger partial charge in [0.2, 0.25) is 5.91 Å². The summed E-state index contributed by atoms with van der Waals surface area (Å²) in [4.78, 5) is 70.5. The maximum absolute atomic E-state index is 14.1. The van der Waals surface area contributed by atoms with E-state index in [4.69, 9.17) is 5.73 Å². The lowest BCUT2D eigenvalue weighted by Crippen LogP contribution is -2.74. The van der Waals surface area contributed by atoms with Crippen molar-refractivity contribution < 1.29 is 34.2 Å². The number of aromatic hydroxyl groups is 1. The van der Waals surface area contributed by atoms with E-state index in [9.17, 15) is 34.2 Å². The third-order valence-corrected chi connectivity index (χ3v) is 10.7. The molecule has 0 aromatic heterocycles. The van der Waals surface area contributed by atoms with E-state index >= 15 is 0 Å². The third-order valence-electron chi connectivity index (χ3n) is 9.69. The van der Waals surface area contributed by atoms with Crippen molar-refractivity contribution in [2.75, 3.05) is 51.1 Å². The standard InChI is InChI=1S/C30H40N4O7S/c1-33(2)19-11-16(13-32-12-14-5-7-42-8-6-14)24(35)21-17(19)9-15-10-18-23(34(3)4)26(37)22(29(31)40)28(39)30(18,41)27(38)20(15)25(21)36/h11,14-15,18,20,22-23,32,35,41H,5-10,12-13H2,1-4H3,(H2,31,40)/t15-,18-,20?,22?,23-,30-/m0/s1. The number of ketones is 4. The first-order valence-electron chi connectivity index (χ1n) is 14.5. The second-order valence-electron chi connectivity index (χ2n) is 12.6. The van der Waals surface area contributed by atoms with Crippen molar-refractivity contribution in [3.63, 3.8) is 0 Å². The number of rotatable bonds is 7. The first-order chi connectivity index (χ1) is 19.8. The topological polar surface area (TPSA) is 170 Å². The number of anilines is 1. The molecule has 1 aromatic carbocycles. The molecule has 0 radical (unpaired) electrons. The number of primary amides is 1. The predicted molar refractivity (Wildman–Crippen MR) is 157 cm³/mol. The van der Waals surface area contributed by atoms with E-state index in [2.05, 4.69) is 5.32 Å². The molecule has 228 valence electrons. The number of thioether (sulfide) groups is 1. The summed E-state index contributed by atoms with van der Waals surface area (Å²) in [7, 11) is 6.82. The lowest BCUT2D eigenvalue weighted by molar-refractivity contribution is -0.181. The molecule has 3 fully saturated rings. The zero-order chi connectivity index (χ0) is 30.7. The molecule has 1 amide bonds. The molecular formula is C30H40N4O7S. The minimum absolute atomic E-state index is 0.0265. The molecule has 4 aliphatic rings. The molecule has 5 rings (SSSR count). The Morgan fingerprint density at radius 2 is 1.79 bits per heavy atom. The summed E-state index contributed by atoms with van der Waals surface area (Å²) >= 11 is 1.95. The number of aliphatic hydroxyl groups is 1. The van der Waals surface area contributed by atoms with Crippen LogP contribution in [0, 0.1) is 29.6 Å². The van der Waals surface area contributed by atoms with Gasteiger partial charge in [-0.25, -0.2) is 0 Å². The predicted octanol–water partition coefficient (Wildman–Crippen LogP) is 0.166. The summed E-state index contributed by atoms with van der Waals surface area (Å²) < 4.78 is 0. The molecule has 1 saturated heterocycles. The number of nitrogens with two attached hydrogens (primary N) is 1. The highest BCUT2D eigenvalue weighted by Gasteiger charge is 2.69. The molecule has 2 saturated carbocycles. The second-order valence-corrected chi connectivity index (χ2v) is 13.9. The molecule has 0 bridgehead atoms. The fourth-order valence-corrected chi connectivity index (χ4v) is 8.81. The summed E-state index contributed by atoms with van der Waals surface area (Å²) in [5, 5.41) is 26.6. The van der Waals surface area contributed by atoms with Gasteiger partial charge in [-0.3, -0.25) is 28.9 Å². The van der Waals surface area contributed by atoms with Gasteiger partial charge < -0.3 is 26.2 Å². The highest BCUT2D eigenvalue weighted by Crippen LogP contribution is 2.52. The molecule has 1 aromatic rings. The van der Waals surface area contributed by atoms with Crippen LogP contribution < -0.4 is 16.0 Å².